The van der Waals surface area contributed by atoms with Gasteiger partial charge in [-0.1, -0.05) is 0 Å². The molecule has 0 aromatic carbocycles. The maximum Gasteiger partial charge on any atom is 0.328 e. The van der Waals surface area contributed by atoms with E-state index in [0.717, 1.165) is 5.01 Å². The van der Waals surface area contributed by atoms with E-state index in [2.05, 4.69) is 0 Å². The van der Waals surface area contributed by atoms with Crippen LogP contribution in [0.4, 0.5) is 0 Å². The molecular weight excluding hydrogens is 136 g/mol. The molecule has 0 saturated carbocycles. The van der Waals surface area contributed by atoms with Crippen LogP contribution < -0.4 is 5.84 Å². The van der Waals surface area contributed by atoms with Crippen LogP contribution in [0.3, 0.4) is 0 Å². The van der Waals surface area contributed by atoms with Crippen LogP contribution in [0.1, 0.15) is 12.8 Å². The number of amides is 1. The Kier molecular flexibility index (Phi) is 1.58. The Labute approximate surface area is 57.4 Å². The first kappa shape index (κ1) is 7.01. The topological polar surface area (TPSA) is 83.6 Å². The molecule has 1 aliphatic rings. The van der Waals surface area contributed by atoms with Gasteiger partial charge in [-0.05, 0) is 6.42 Å². The lowest BCUT2D eigenvalue weighted by Crippen LogP contribution is -2.43. The molecular formula is C5H8N2O3. The first-order valence-corrected chi connectivity index (χ1v) is 2.92. The minimum Gasteiger partial charge on any atom is -0.480 e. The molecule has 1 saturated heterocycles. The second kappa shape index (κ2) is 2.26. The average Bonchev–Trinajstić information content (AvgIpc) is 2.14. The summed E-state index contributed by atoms with van der Waals surface area (Å²) in [6.45, 7) is 0. The van der Waals surface area contributed by atoms with Crippen molar-refractivity contribution in [2.24, 2.45) is 5.84 Å². The first-order valence-electron chi connectivity index (χ1n) is 2.92. The van der Waals surface area contributed by atoms with Crippen LogP contribution in [0.2, 0.25) is 0 Å². The summed E-state index contributed by atoms with van der Waals surface area (Å²) in [6.07, 6.45) is 0.568. The quantitative estimate of drug-likeness (QED) is 0.363. The molecule has 1 fully saturated rings. The molecule has 0 spiro atoms. The molecule has 0 aliphatic carbocycles. The molecule has 1 unspecified atom stereocenters. The fourth-order valence-electron chi connectivity index (χ4n) is 0.945. The van der Waals surface area contributed by atoms with Crippen molar-refractivity contribution in [2.45, 2.75) is 18.9 Å². The number of nitrogens with zero attached hydrogens (tertiary/aromatic N) is 1. The van der Waals surface area contributed by atoms with Crippen molar-refractivity contribution in [3.05, 3.63) is 0 Å². The van der Waals surface area contributed by atoms with E-state index in [4.69, 9.17) is 10.9 Å². The van der Waals surface area contributed by atoms with E-state index in [-0.39, 0.29) is 12.3 Å². The summed E-state index contributed by atoms with van der Waals surface area (Å²) >= 11 is 0. The summed E-state index contributed by atoms with van der Waals surface area (Å²) in [5, 5.41) is 9.21. The predicted octanol–water partition coefficient (Wildman–Crippen LogP) is -1.06. The Morgan fingerprint density at radius 1 is 1.80 bits per heavy atom. The van der Waals surface area contributed by atoms with Gasteiger partial charge >= 0.3 is 5.97 Å². The third-order valence-corrected chi connectivity index (χ3v) is 1.54. The summed E-state index contributed by atoms with van der Waals surface area (Å²) in [6, 6.07) is -0.813. The predicted molar refractivity (Wildman–Crippen MR) is 31.7 cm³/mol. The molecule has 56 valence electrons. The lowest BCUT2D eigenvalue weighted by molar-refractivity contribution is -0.146. The zero-order chi connectivity index (χ0) is 7.72. The summed E-state index contributed by atoms with van der Waals surface area (Å²) in [7, 11) is 0. The van der Waals surface area contributed by atoms with Crippen LogP contribution in [0, 0.1) is 0 Å². The number of rotatable bonds is 1. The van der Waals surface area contributed by atoms with Crippen molar-refractivity contribution < 1.29 is 14.7 Å². The van der Waals surface area contributed by atoms with Gasteiger partial charge in [0.2, 0.25) is 5.91 Å². The van der Waals surface area contributed by atoms with E-state index >= 15 is 0 Å². The Bertz CT molecular complexity index is 180. The van der Waals surface area contributed by atoms with Gasteiger partial charge in [-0.25, -0.2) is 10.6 Å². The number of hydrazine groups is 1. The van der Waals surface area contributed by atoms with Crippen LogP contribution in [-0.2, 0) is 9.59 Å². The van der Waals surface area contributed by atoms with Crippen molar-refractivity contribution in [2.75, 3.05) is 0 Å². The molecule has 1 heterocycles. The van der Waals surface area contributed by atoms with Gasteiger partial charge < -0.3 is 5.11 Å². The van der Waals surface area contributed by atoms with E-state index in [1.165, 1.54) is 0 Å². The van der Waals surface area contributed by atoms with Gasteiger partial charge in [0.25, 0.3) is 0 Å². The number of carbonyl (C=O) groups is 2. The fourth-order valence-corrected chi connectivity index (χ4v) is 0.945. The van der Waals surface area contributed by atoms with E-state index in [1.54, 1.807) is 0 Å². The number of carboxylic acids is 1. The first-order chi connectivity index (χ1) is 4.63. The van der Waals surface area contributed by atoms with Gasteiger partial charge in [-0.2, -0.15) is 0 Å². The van der Waals surface area contributed by atoms with Crippen LogP contribution in [0.25, 0.3) is 0 Å². The number of hydrogen-bond donors (Lipinski definition) is 2. The van der Waals surface area contributed by atoms with Crippen LogP contribution in [0.15, 0.2) is 0 Å². The van der Waals surface area contributed by atoms with Gasteiger partial charge in [0.1, 0.15) is 6.04 Å². The second-order valence-corrected chi connectivity index (χ2v) is 2.19. The maximum absolute atomic E-state index is 10.6. The Morgan fingerprint density at radius 3 is 2.60 bits per heavy atom. The Hall–Kier alpha value is -1.10. The molecule has 3 N–H and O–H groups in total. The molecule has 10 heavy (non-hydrogen) atoms. The largest absolute Gasteiger partial charge is 0.480 e. The summed E-state index contributed by atoms with van der Waals surface area (Å²) in [5.41, 5.74) is 0. The summed E-state index contributed by atoms with van der Waals surface area (Å²) in [5.74, 6) is 3.79. The minimum absolute atomic E-state index is 0.244. The highest BCUT2D eigenvalue weighted by Gasteiger charge is 2.33. The molecule has 0 bridgehead atoms. The van der Waals surface area contributed by atoms with Crippen molar-refractivity contribution in [3.8, 4) is 0 Å². The van der Waals surface area contributed by atoms with Crippen LogP contribution >= 0.6 is 0 Å². The molecule has 1 amide bonds. The third-order valence-electron chi connectivity index (χ3n) is 1.54. The Balaban J connectivity index is 2.66. The highest BCUT2D eigenvalue weighted by molar-refractivity contribution is 5.86. The average molecular weight is 144 g/mol. The highest BCUT2D eigenvalue weighted by atomic mass is 16.4. The minimum atomic E-state index is -1.03. The van der Waals surface area contributed by atoms with Gasteiger partial charge in [-0.3, -0.25) is 9.80 Å². The van der Waals surface area contributed by atoms with Gasteiger partial charge in [0.05, 0.1) is 0 Å². The van der Waals surface area contributed by atoms with Crippen molar-refractivity contribution >= 4 is 11.9 Å². The number of aliphatic carboxylic acids is 1. The monoisotopic (exact) mass is 144 g/mol. The van der Waals surface area contributed by atoms with Crippen LogP contribution in [0.5, 0.6) is 0 Å². The standard InChI is InChI=1S/C5H8N2O3/c6-7-3(5(9)10)1-2-4(7)8/h3H,1-2,6H2,(H,9,10). The van der Waals surface area contributed by atoms with Crippen molar-refractivity contribution in [1.82, 2.24) is 5.01 Å². The van der Waals surface area contributed by atoms with Crippen molar-refractivity contribution in [1.29, 1.82) is 0 Å². The number of hydrogen-bond acceptors (Lipinski definition) is 3. The molecule has 1 aliphatic heterocycles. The molecule has 0 radical (unpaired) electrons. The van der Waals surface area contributed by atoms with Crippen molar-refractivity contribution in [3.63, 3.8) is 0 Å². The third kappa shape index (κ3) is 0.950. The number of carboxylic acid groups (broad SMARTS) is 1. The van der Waals surface area contributed by atoms with E-state index in [0.29, 0.717) is 6.42 Å². The van der Waals surface area contributed by atoms with Gasteiger partial charge in [-0.15, -0.1) is 0 Å². The summed E-state index contributed by atoms with van der Waals surface area (Å²) in [4.78, 5) is 20.9. The number of carbonyl (C=O) groups excluding carboxylic acids is 1. The zero-order valence-corrected chi connectivity index (χ0v) is 5.28. The van der Waals surface area contributed by atoms with E-state index in [9.17, 15) is 9.59 Å². The normalized spacial score (nSPS) is 25.5. The molecule has 5 nitrogen and oxygen atoms in total. The highest BCUT2D eigenvalue weighted by Crippen LogP contribution is 2.13. The fraction of sp³-hybridized carbons (Fsp3) is 0.600. The molecule has 0 aromatic heterocycles. The maximum atomic E-state index is 10.6. The van der Waals surface area contributed by atoms with E-state index in [1.807, 2.05) is 0 Å². The smallest absolute Gasteiger partial charge is 0.328 e. The second-order valence-electron chi connectivity index (χ2n) is 2.19. The van der Waals surface area contributed by atoms with Gasteiger partial charge in [0, 0.05) is 6.42 Å². The molecule has 5 heteroatoms. The van der Waals surface area contributed by atoms with Gasteiger partial charge in [0.15, 0.2) is 0 Å². The zero-order valence-electron chi connectivity index (χ0n) is 5.28. The summed E-state index contributed by atoms with van der Waals surface area (Å²) < 4.78 is 0. The SMILES string of the molecule is NN1C(=O)CCC1C(=O)O. The van der Waals surface area contributed by atoms with Crippen LogP contribution in [-0.4, -0.2) is 28.0 Å². The van der Waals surface area contributed by atoms with E-state index < -0.39 is 12.0 Å². The molecule has 1 atom stereocenters. The lowest BCUT2D eigenvalue weighted by Gasteiger charge is -2.13. The Morgan fingerprint density at radius 2 is 2.40 bits per heavy atom. The molecule has 0 aromatic rings. The lowest BCUT2D eigenvalue weighted by atomic mass is 10.2. The molecule has 1 rings (SSSR count). The number of nitrogens with two attached hydrogens (primary N) is 1.